The molecule has 2 heterocycles. The van der Waals surface area contributed by atoms with Crippen molar-refractivity contribution < 1.29 is 13.2 Å². The Morgan fingerprint density at radius 3 is 2.83 bits per heavy atom. The third-order valence-corrected chi connectivity index (χ3v) is 6.80. The molecule has 2 fully saturated rings. The summed E-state index contributed by atoms with van der Waals surface area (Å²) in [6, 6.07) is 7.17. The van der Waals surface area contributed by atoms with Crippen LogP contribution in [0.15, 0.2) is 29.2 Å². The normalized spacial score (nSPS) is 29.0. The zero-order valence-electron chi connectivity index (χ0n) is 14.1. The molecule has 3 rings (SSSR count). The lowest BCUT2D eigenvalue weighted by Gasteiger charge is -2.35. The number of piperidine rings is 1. The quantitative estimate of drug-likeness (QED) is 0.836. The van der Waals surface area contributed by atoms with Gasteiger partial charge in [-0.3, -0.25) is 0 Å². The molecule has 0 N–H and O–H groups in total. The number of likely N-dealkylation sites (N-methyl/N-ethyl adjacent to an activating group) is 1. The first-order chi connectivity index (χ1) is 10.9. The molecule has 6 heteroatoms. The summed E-state index contributed by atoms with van der Waals surface area (Å²) in [7, 11) is 0.646. The van der Waals surface area contributed by atoms with Crippen molar-refractivity contribution in [2.45, 2.75) is 24.3 Å². The molecular weight excluding hydrogens is 312 g/mol. The Kier molecular flexibility index (Phi) is 4.78. The van der Waals surface area contributed by atoms with Crippen molar-refractivity contribution in [1.29, 1.82) is 0 Å². The van der Waals surface area contributed by atoms with E-state index in [4.69, 9.17) is 4.74 Å². The number of nitrogens with zero attached hydrogens (tertiary/aromatic N) is 2. The van der Waals surface area contributed by atoms with Gasteiger partial charge in [0.15, 0.2) is 0 Å². The highest BCUT2D eigenvalue weighted by Gasteiger charge is 2.43. The molecule has 128 valence electrons. The van der Waals surface area contributed by atoms with Gasteiger partial charge in [-0.15, -0.1) is 0 Å². The van der Waals surface area contributed by atoms with E-state index in [2.05, 4.69) is 4.90 Å². The second-order valence-corrected chi connectivity index (χ2v) is 8.96. The van der Waals surface area contributed by atoms with Crippen LogP contribution in [-0.4, -0.2) is 64.1 Å². The van der Waals surface area contributed by atoms with Gasteiger partial charge in [-0.25, -0.2) is 8.42 Å². The molecule has 2 aliphatic heterocycles. The summed E-state index contributed by atoms with van der Waals surface area (Å²) in [5.41, 5.74) is 0.968. The third-order valence-electron chi connectivity index (χ3n) is 4.94. The predicted molar refractivity (Wildman–Crippen MR) is 89.8 cm³/mol. The molecule has 2 aliphatic rings. The highest BCUT2D eigenvalue weighted by Crippen LogP contribution is 2.36. The molecule has 0 spiro atoms. The lowest BCUT2D eigenvalue weighted by Crippen LogP contribution is -2.46. The molecule has 1 aromatic carbocycles. The first-order valence-corrected chi connectivity index (χ1v) is 9.65. The number of ether oxygens (including phenoxy) is 1. The van der Waals surface area contributed by atoms with Crippen molar-refractivity contribution in [3.8, 4) is 0 Å². The third kappa shape index (κ3) is 3.45. The van der Waals surface area contributed by atoms with Gasteiger partial charge in [-0.05, 0) is 51.1 Å². The van der Waals surface area contributed by atoms with Crippen LogP contribution in [0, 0.1) is 18.8 Å². The van der Waals surface area contributed by atoms with Crippen molar-refractivity contribution in [3.05, 3.63) is 29.8 Å². The summed E-state index contributed by atoms with van der Waals surface area (Å²) in [5, 5.41) is 0. The van der Waals surface area contributed by atoms with E-state index in [1.165, 1.54) is 0 Å². The maximum Gasteiger partial charge on any atom is 0.243 e. The monoisotopic (exact) mass is 338 g/mol. The van der Waals surface area contributed by atoms with Gasteiger partial charge in [-0.1, -0.05) is 12.1 Å². The minimum atomic E-state index is -3.41. The summed E-state index contributed by atoms with van der Waals surface area (Å²) in [6.07, 6.45) is 1.02. The minimum Gasteiger partial charge on any atom is -0.376 e. The van der Waals surface area contributed by atoms with Gasteiger partial charge in [0.25, 0.3) is 0 Å². The van der Waals surface area contributed by atoms with Crippen LogP contribution in [0.2, 0.25) is 0 Å². The maximum absolute atomic E-state index is 12.9. The molecule has 0 amide bonds. The topological polar surface area (TPSA) is 49.9 Å². The number of rotatable bonds is 4. The lowest BCUT2D eigenvalue weighted by molar-refractivity contribution is 0.0638. The second-order valence-electron chi connectivity index (χ2n) is 7.03. The standard InChI is InChI=1S/C17H26N2O3S/c1-13-5-4-6-15(9-13)23(20,21)19-8-7-14-12-22-17(11-18(2)3)16(14)10-19/h4-6,9,14,16-17H,7-8,10-12H2,1-3H3/t14-,16-,17+/m0/s1. The Balaban J connectivity index is 1.79. The fourth-order valence-corrected chi connectivity index (χ4v) is 5.29. The average Bonchev–Trinajstić information content (AvgIpc) is 2.89. The summed E-state index contributed by atoms with van der Waals surface area (Å²) in [4.78, 5) is 2.51. The van der Waals surface area contributed by atoms with Crippen molar-refractivity contribution in [2.75, 3.05) is 40.3 Å². The number of fused-ring (bicyclic) bond motifs is 1. The molecule has 23 heavy (non-hydrogen) atoms. The van der Waals surface area contributed by atoms with E-state index < -0.39 is 10.0 Å². The van der Waals surface area contributed by atoms with Crippen molar-refractivity contribution in [2.24, 2.45) is 11.8 Å². The van der Waals surface area contributed by atoms with Crippen molar-refractivity contribution >= 4 is 10.0 Å². The molecule has 2 saturated heterocycles. The smallest absolute Gasteiger partial charge is 0.243 e. The maximum atomic E-state index is 12.9. The average molecular weight is 338 g/mol. The van der Waals surface area contributed by atoms with Gasteiger partial charge in [0.1, 0.15) is 0 Å². The van der Waals surface area contributed by atoms with E-state index in [-0.39, 0.29) is 6.10 Å². The number of aryl methyl sites for hydroxylation is 1. The van der Waals surface area contributed by atoms with Gasteiger partial charge in [0.2, 0.25) is 10.0 Å². The van der Waals surface area contributed by atoms with E-state index in [0.717, 1.165) is 25.1 Å². The van der Waals surface area contributed by atoms with Crippen LogP contribution in [0.25, 0.3) is 0 Å². The Bertz CT molecular complexity index is 660. The van der Waals surface area contributed by atoms with Gasteiger partial charge in [0.05, 0.1) is 17.6 Å². The second kappa shape index (κ2) is 6.51. The summed E-state index contributed by atoms with van der Waals surface area (Å²) in [5.74, 6) is 0.787. The number of hydrogen-bond acceptors (Lipinski definition) is 4. The Morgan fingerprint density at radius 2 is 2.13 bits per heavy atom. The number of hydrogen-bond donors (Lipinski definition) is 0. The van der Waals surface area contributed by atoms with E-state index in [9.17, 15) is 8.42 Å². The van der Waals surface area contributed by atoms with Gasteiger partial charge < -0.3 is 9.64 Å². The van der Waals surface area contributed by atoms with Crippen molar-refractivity contribution in [3.63, 3.8) is 0 Å². The molecular formula is C17H26N2O3S. The van der Waals surface area contributed by atoms with E-state index in [0.29, 0.717) is 29.8 Å². The van der Waals surface area contributed by atoms with Crippen LogP contribution in [0.3, 0.4) is 0 Å². The fourth-order valence-electron chi connectivity index (χ4n) is 3.69. The highest BCUT2D eigenvalue weighted by molar-refractivity contribution is 7.89. The first-order valence-electron chi connectivity index (χ1n) is 8.21. The summed E-state index contributed by atoms with van der Waals surface area (Å²) in [6.45, 7) is 4.69. The predicted octanol–water partition coefficient (Wildman–Crippen LogP) is 1.58. The number of sulfonamides is 1. The molecule has 3 atom stereocenters. The SMILES string of the molecule is Cc1cccc(S(=O)(=O)N2CC[C@H]3CO[C@H](CN(C)C)[C@H]3C2)c1. The summed E-state index contributed by atoms with van der Waals surface area (Å²) >= 11 is 0. The zero-order chi connectivity index (χ0) is 16.6. The molecule has 5 nitrogen and oxygen atoms in total. The van der Waals surface area contributed by atoms with E-state index in [1.807, 2.05) is 33.2 Å². The molecule has 0 radical (unpaired) electrons. The molecule has 0 unspecified atom stereocenters. The molecule has 0 aliphatic carbocycles. The molecule has 0 bridgehead atoms. The van der Waals surface area contributed by atoms with E-state index >= 15 is 0 Å². The van der Waals surface area contributed by atoms with Crippen molar-refractivity contribution in [1.82, 2.24) is 9.21 Å². The van der Waals surface area contributed by atoms with E-state index in [1.54, 1.807) is 16.4 Å². The van der Waals surface area contributed by atoms with Crippen LogP contribution in [0.1, 0.15) is 12.0 Å². The Morgan fingerprint density at radius 1 is 1.35 bits per heavy atom. The Hall–Kier alpha value is -0.950. The molecule has 1 aromatic rings. The fraction of sp³-hybridized carbons (Fsp3) is 0.647. The van der Waals surface area contributed by atoms with Crippen LogP contribution in [0.4, 0.5) is 0 Å². The Labute approximate surface area is 139 Å². The molecule has 0 aromatic heterocycles. The summed E-state index contributed by atoms with van der Waals surface area (Å²) < 4.78 is 33.4. The largest absolute Gasteiger partial charge is 0.376 e. The minimum absolute atomic E-state index is 0.130. The van der Waals surface area contributed by atoms with Crippen LogP contribution in [-0.2, 0) is 14.8 Å². The van der Waals surface area contributed by atoms with Gasteiger partial charge >= 0.3 is 0 Å². The highest BCUT2D eigenvalue weighted by atomic mass is 32.2. The van der Waals surface area contributed by atoms with Crippen LogP contribution >= 0.6 is 0 Å². The molecule has 0 saturated carbocycles. The van der Waals surface area contributed by atoms with Gasteiger partial charge in [-0.2, -0.15) is 4.31 Å². The first kappa shape index (κ1) is 16.9. The zero-order valence-corrected chi connectivity index (χ0v) is 14.9. The lowest BCUT2D eigenvalue weighted by atomic mass is 9.85. The van der Waals surface area contributed by atoms with Crippen LogP contribution in [0.5, 0.6) is 0 Å². The van der Waals surface area contributed by atoms with Gasteiger partial charge in [0, 0.05) is 25.6 Å². The van der Waals surface area contributed by atoms with Crippen LogP contribution < -0.4 is 0 Å². The number of benzene rings is 1.